The van der Waals surface area contributed by atoms with Gasteiger partial charge in [0, 0.05) is 6.04 Å². The predicted molar refractivity (Wildman–Crippen MR) is 102 cm³/mol. The lowest BCUT2D eigenvalue weighted by molar-refractivity contribution is -0.119. The van der Waals surface area contributed by atoms with Gasteiger partial charge in [-0.3, -0.25) is 14.2 Å². The molecule has 1 aliphatic rings. The summed E-state index contributed by atoms with van der Waals surface area (Å²) >= 11 is 1.23. The third-order valence-corrected chi connectivity index (χ3v) is 5.60. The summed E-state index contributed by atoms with van der Waals surface area (Å²) in [5.41, 5.74) is -0.294. The average molecular weight is 370 g/mol. The Kier molecular flexibility index (Phi) is 5.05. The lowest BCUT2D eigenvalue weighted by atomic mass is 9.98. The molecule has 1 aromatic carbocycles. The molecule has 0 bridgehead atoms. The Hall–Kier alpha value is -2.33. The number of thioether (sulfide) groups is 1. The van der Waals surface area contributed by atoms with Crippen LogP contribution >= 0.6 is 11.8 Å². The third-order valence-electron chi connectivity index (χ3n) is 4.65. The summed E-state index contributed by atoms with van der Waals surface area (Å²) in [7, 11) is 0. The zero-order valence-corrected chi connectivity index (χ0v) is 16.0. The zero-order valence-electron chi connectivity index (χ0n) is 15.2. The second kappa shape index (κ2) is 7.12. The minimum atomic E-state index is -0.813. The Balaban J connectivity index is 1.82. The average Bonchev–Trinajstić information content (AvgIpc) is 3.45. The largest absolute Gasteiger partial charge is 0.337 e. The van der Waals surface area contributed by atoms with Crippen LogP contribution in [0.25, 0.3) is 10.9 Å². The number of benzene rings is 1. The minimum absolute atomic E-state index is 0.0685. The van der Waals surface area contributed by atoms with Crippen LogP contribution in [-0.4, -0.2) is 26.8 Å². The lowest BCUT2D eigenvalue weighted by Crippen LogP contribution is -2.47. The molecule has 136 valence electrons. The van der Waals surface area contributed by atoms with Crippen molar-refractivity contribution in [2.75, 3.05) is 5.75 Å². The van der Waals surface area contributed by atoms with Gasteiger partial charge in [0.15, 0.2) is 5.16 Å². The number of para-hydroxylation sites is 1. The van der Waals surface area contributed by atoms with Crippen LogP contribution in [0.4, 0.5) is 0 Å². The first kappa shape index (κ1) is 18.5. The predicted octanol–water partition coefficient (Wildman–Crippen LogP) is 2.88. The normalized spacial score (nSPS) is 16.3. The van der Waals surface area contributed by atoms with Gasteiger partial charge in [0.2, 0.25) is 5.91 Å². The monoisotopic (exact) mass is 370 g/mol. The highest BCUT2D eigenvalue weighted by atomic mass is 32.2. The minimum Gasteiger partial charge on any atom is -0.337 e. The molecule has 1 aromatic heterocycles. The molecule has 0 unspecified atom stereocenters. The first-order valence-electron chi connectivity index (χ1n) is 8.72. The van der Waals surface area contributed by atoms with Gasteiger partial charge in [-0.05, 0) is 51.7 Å². The zero-order chi connectivity index (χ0) is 18.9. The molecule has 7 heteroatoms. The third kappa shape index (κ3) is 3.61. The number of nitrogens with one attached hydrogen (secondary N) is 1. The summed E-state index contributed by atoms with van der Waals surface area (Å²) in [6.45, 7) is 5.61. The van der Waals surface area contributed by atoms with Gasteiger partial charge in [-0.25, -0.2) is 4.98 Å². The fraction of sp³-hybridized carbons (Fsp3) is 0.474. The van der Waals surface area contributed by atoms with Crippen molar-refractivity contribution in [1.82, 2.24) is 14.9 Å². The Morgan fingerprint density at radius 1 is 1.46 bits per heavy atom. The molecule has 1 amide bonds. The number of hydrogen-bond acceptors (Lipinski definition) is 5. The van der Waals surface area contributed by atoms with Crippen molar-refractivity contribution in [2.24, 2.45) is 5.92 Å². The van der Waals surface area contributed by atoms with Crippen LogP contribution in [0.3, 0.4) is 0 Å². The van der Waals surface area contributed by atoms with Crippen molar-refractivity contribution in [3.8, 4) is 6.07 Å². The number of hydrogen-bond donors (Lipinski definition) is 1. The maximum atomic E-state index is 12.8. The molecule has 1 heterocycles. The number of nitriles is 1. The second-order valence-corrected chi connectivity index (χ2v) is 8.05. The van der Waals surface area contributed by atoms with E-state index in [0.29, 0.717) is 16.1 Å². The van der Waals surface area contributed by atoms with E-state index in [4.69, 9.17) is 0 Å². The Morgan fingerprint density at radius 3 is 2.77 bits per heavy atom. The van der Waals surface area contributed by atoms with Gasteiger partial charge in [0.05, 0.1) is 22.7 Å². The summed E-state index contributed by atoms with van der Waals surface area (Å²) < 4.78 is 1.62. The summed E-state index contributed by atoms with van der Waals surface area (Å²) in [5, 5.41) is 13.3. The van der Waals surface area contributed by atoms with Gasteiger partial charge in [-0.1, -0.05) is 23.9 Å². The maximum Gasteiger partial charge on any atom is 0.262 e. The molecule has 2 aromatic rings. The molecule has 0 saturated heterocycles. The molecule has 1 aliphatic carbocycles. The van der Waals surface area contributed by atoms with Crippen LogP contribution in [0, 0.1) is 17.2 Å². The van der Waals surface area contributed by atoms with E-state index < -0.39 is 5.54 Å². The quantitative estimate of drug-likeness (QED) is 0.624. The number of carbonyl (C=O) groups excluding carboxylic acids is 1. The van der Waals surface area contributed by atoms with Crippen LogP contribution < -0.4 is 10.9 Å². The summed E-state index contributed by atoms with van der Waals surface area (Å²) in [6, 6.07) is 9.36. The lowest BCUT2D eigenvalue weighted by Gasteiger charge is -2.23. The van der Waals surface area contributed by atoms with Gasteiger partial charge in [0.25, 0.3) is 5.56 Å². The van der Waals surface area contributed by atoms with E-state index in [1.165, 1.54) is 11.8 Å². The van der Waals surface area contributed by atoms with Gasteiger partial charge < -0.3 is 5.32 Å². The fourth-order valence-electron chi connectivity index (χ4n) is 3.02. The maximum absolute atomic E-state index is 12.8. The first-order valence-corrected chi connectivity index (χ1v) is 9.70. The highest BCUT2D eigenvalue weighted by molar-refractivity contribution is 7.99. The van der Waals surface area contributed by atoms with Crippen molar-refractivity contribution in [3.63, 3.8) is 0 Å². The molecule has 0 spiro atoms. The molecule has 0 aliphatic heterocycles. The summed E-state index contributed by atoms with van der Waals surface area (Å²) in [4.78, 5) is 29.7. The van der Waals surface area contributed by atoms with Crippen LogP contribution in [0.15, 0.2) is 34.2 Å². The highest BCUT2D eigenvalue weighted by Crippen LogP contribution is 2.39. The number of nitrogens with zero attached hydrogens (tertiary/aromatic N) is 3. The van der Waals surface area contributed by atoms with E-state index in [9.17, 15) is 14.9 Å². The molecule has 26 heavy (non-hydrogen) atoms. The Bertz CT molecular complexity index is 943. The molecule has 0 radical (unpaired) electrons. The van der Waals surface area contributed by atoms with E-state index in [0.717, 1.165) is 12.8 Å². The van der Waals surface area contributed by atoms with Crippen LogP contribution in [0.2, 0.25) is 0 Å². The SMILES string of the molecule is CC(C)n1c(SCC(=O)N[C@](C)(C#N)C2CC2)nc2ccccc2c1=O. The van der Waals surface area contributed by atoms with Crippen molar-refractivity contribution < 1.29 is 4.79 Å². The van der Waals surface area contributed by atoms with Crippen LogP contribution in [-0.2, 0) is 4.79 Å². The van der Waals surface area contributed by atoms with Gasteiger partial charge in [-0.15, -0.1) is 0 Å². The molecule has 3 rings (SSSR count). The molecule has 1 fully saturated rings. The molecule has 1 N–H and O–H groups in total. The fourth-order valence-corrected chi connectivity index (χ4v) is 3.95. The summed E-state index contributed by atoms with van der Waals surface area (Å²) in [5.74, 6) is 0.124. The molecule has 1 atom stereocenters. The van der Waals surface area contributed by atoms with E-state index in [2.05, 4.69) is 16.4 Å². The number of rotatable bonds is 6. The molecular weight excluding hydrogens is 348 g/mol. The standard InChI is InChI=1S/C19H22N4O2S/c1-12(2)23-17(25)14-6-4-5-7-15(14)21-18(23)26-10-16(24)22-19(3,11-20)13-8-9-13/h4-7,12-13H,8-10H2,1-3H3,(H,22,24)/t19-/m1/s1. The number of carbonyl (C=O) groups is 1. The van der Waals surface area contributed by atoms with Gasteiger partial charge in [-0.2, -0.15) is 5.26 Å². The Labute approximate surface area is 156 Å². The van der Waals surface area contributed by atoms with Crippen LogP contribution in [0.1, 0.15) is 39.7 Å². The Morgan fingerprint density at radius 2 is 2.15 bits per heavy atom. The van der Waals surface area contributed by atoms with E-state index in [1.807, 2.05) is 26.0 Å². The highest BCUT2D eigenvalue weighted by Gasteiger charge is 2.42. The molecule has 6 nitrogen and oxygen atoms in total. The first-order chi connectivity index (χ1) is 12.4. The number of amides is 1. The number of aromatic nitrogens is 2. The summed E-state index contributed by atoms with van der Waals surface area (Å²) in [6.07, 6.45) is 1.94. The van der Waals surface area contributed by atoms with E-state index >= 15 is 0 Å². The second-order valence-electron chi connectivity index (χ2n) is 7.11. The van der Waals surface area contributed by atoms with E-state index in [-0.39, 0.29) is 29.2 Å². The topological polar surface area (TPSA) is 87.8 Å². The van der Waals surface area contributed by atoms with E-state index in [1.54, 1.807) is 23.6 Å². The van der Waals surface area contributed by atoms with Crippen molar-refractivity contribution >= 4 is 28.6 Å². The molecular formula is C19H22N4O2S. The smallest absolute Gasteiger partial charge is 0.262 e. The van der Waals surface area contributed by atoms with Gasteiger partial charge >= 0.3 is 0 Å². The number of fused-ring (bicyclic) bond motifs is 1. The van der Waals surface area contributed by atoms with Crippen molar-refractivity contribution in [2.45, 2.75) is 50.4 Å². The molecule has 1 saturated carbocycles. The van der Waals surface area contributed by atoms with Gasteiger partial charge in [0.1, 0.15) is 5.54 Å². The van der Waals surface area contributed by atoms with Crippen molar-refractivity contribution in [3.05, 3.63) is 34.6 Å². The van der Waals surface area contributed by atoms with Crippen molar-refractivity contribution in [1.29, 1.82) is 5.26 Å². The van der Waals surface area contributed by atoms with Crippen LogP contribution in [0.5, 0.6) is 0 Å².